The first-order valence-electron chi connectivity index (χ1n) is 10.8. The molecule has 0 heterocycles. The van der Waals surface area contributed by atoms with Crippen molar-refractivity contribution in [3.8, 4) is 11.5 Å². The van der Waals surface area contributed by atoms with E-state index in [1.165, 1.54) is 25.1 Å². The molecule has 2 aliphatic rings. The van der Waals surface area contributed by atoms with Gasteiger partial charge in [-0.15, -0.1) is 0 Å². The fourth-order valence-corrected chi connectivity index (χ4v) is 6.52. The van der Waals surface area contributed by atoms with E-state index in [9.17, 15) is 19.8 Å². The first-order chi connectivity index (χ1) is 13.5. The predicted octanol–water partition coefficient (Wildman–Crippen LogP) is 4.52. The second kappa shape index (κ2) is 7.66. The Kier molecular flexibility index (Phi) is 5.72. The molecule has 0 radical (unpaired) electrons. The molecule has 0 unspecified atom stereocenters. The SMILES string of the molecule is CC(=O)NC[C@@H]1C[C@H]2C(C)(C)CCC[C@]2(C)[C@@H](C(=O)c2cc(O)cc(O)c2)[C@@H]1C. The zero-order valence-corrected chi connectivity index (χ0v) is 18.3. The Balaban J connectivity index is 2.04. The minimum atomic E-state index is -0.221. The van der Waals surface area contributed by atoms with Gasteiger partial charge in [-0.05, 0) is 60.0 Å². The molecule has 29 heavy (non-hydrogen) atoms. The number of carbonyl (C=O) groups is 2. The second-order valence-corrected chi connectivity index (χ2v) is 10.3. The summed E-state index contributed by atoms with van der Waals surface area (Å²) in [6.07, 6.45) is 4.24. The molecule has 0 spiro atoms. The van der Waals surface area contributed by atoms with Gasteiger partial charge in [0.1, 0.15) is 11.5 Å². The number of nitrogens with one attached hydrogen (secondary N) is 1. The average Bonchev–Trinajstić information content (AvgIpc) is 2.58. The van der Waals surface area contributed by atoms with Crippen molar-refractivity contribution in [2.45, 2.75) is 60.3 Å². The Labute approximate surface area is 173 Å². The number of rotatable bonds is 4. The van der Waals surface area contributed by atoms with Gasteiger partial charge < -0.3 is 15.5 Å². The summed E-state index contributed by atoms with van der Waals surface area (Å²) in [5.41, 5.74) is 0.343. The zero-order valence-electron chi connectivity index (χ0n) is 18.3. The topological polar surface area (TPSA) is 86.6 Å². The molecule has 0 aromatic heterocycles. The van der Waals surface area contributed by atoms with E-state index in [4.69, 9.17) is 0 Å². The van der Waals surface area contributed by atoms with Crippen molar-refractivity contribution in [3.63, 3.8) is 0 Å². The van der Waals surface area contributed by atoms with Gasteiger partial charge in [-0.25, -0.2) is 0 Å². The second-order valence-electron chi connectivity index (χ2n) is 10.3. The number of ketones is 1. The largest absolute Gasteiger partial charge is 0.508 e. The first-order valence-corrected chi connectivity index (χ1v) is 10.8. The highest BCUT2D eigenvalue weighted by Gasteiger charge is 2.58. The summed E-state index contributed by atoms with van der Waals surface area (Å²) in [5, 5.41) is 22.8. The van der Waals surface area contributed by atoms with Crippen LogP contribution in [0, 0.1) is 34.5 Å². The third kappa shape index (κ3) is 4.01. The lowest BCUT2D eigenvalue weighted by atomic mass is 9.44. The van der Waals surface area contributed by atoms with Gasteiger partial charge in [-0.1, -0.05) is 34.1 Å². The Hall–Kier alpha value is -2.04. The van der Waals surface area contributed by atoms with Gasteiger partial charge in [0.2, 0.25) is 5.91 Å². The van der Waals surface area contributed by atoms with Crippen LogP contribution in [-0.4, -0.2) is 28.4 Å². The summed E-state index contributed by atoms with van der Waals surface area (Å²) in [6.45, 7) is 11.1. The number of hydrogen-bond donors (Lipinski definition) is 3. The van der Waals surface area contributed by atoms with Crippen LogP contribution >= 0.6 is 0 Å². The fraction of sp³-hybridized carbons (Fsp3) is 0.667. The van der Waals surface area contributed by atoms with Crippen LogP contribution in [0.1, 0.15) is 70.7 Å². The number of Topliss-reactive ketones (excluding diaryl/α,β-unsaturated/α-hetero) is 1. The third-order valence-corrected chi connectivity index (χ3v) is 7.88. The van der Waals surface area contributed by atoms with Crippen LogP contribution in [-0.2, 0) is 4.79 Å². The van der Waals surface area contributed by atoms with E-state index in [1.54, 1.807) is 0 Å². The molecule has 2 saturated carbocycles. The normalized spacial score (nSPS) is 33.6. The quantitative estimate of drug-likeness (QED) is 0.647. The maximum atomic E-state index is 13.8. The van der Waals surface area contributed by atoms with Gasteiger partial charge in [-0.3, -0.25) is 9.59 Å². The average molecular weight is 402 g/mol. The molecule has 5 atom stereocenters. The van der Waals surface area contributed by atoms with E-state index in [-0.39, 0.29) is 51.8 Å². The van der Waals surface area contributed by atoms with Crippen molar-refractivity contribution in [1.29, 1.82) is 0 Å². The Morgan fingerprint density at radius 1 is 1.10 bits per heavy atom. The summed E-state index contributed by atoms with van der Waals surface area (Å²) < 4.78 is 0. The van der Waals surface area contributed by atoms with E-state index in [2.05, 4.69) is 33.0 Å². The first kappa shape index (κ1) is 21.7. The smallest absolute Gasteiger partial charge is 0.216 e. The van der Waals surface area contributed by atoms with Gasteiger partial charge in [-0.2, -0.15) is 0 Å². The van der Waals surface area contributed by atoms with E-state index < -0.39 is 0 Å². The number of carbonyl (C=O) groups excluding carboxylic acids is 2. The Bertz CT molecular complexity index is 782. The molecule has 2 aliphatic carbocycles. The summed E-state index contributed by atoms with van der Waals surface area (Å²) in [6, 6.07) is 4.16. The van der Waals surface area contributed by atoms with Gasteiger partial charge in [0.25, 0.3) is 0 Å². The lowest BCUT2D eigenvalue weighted by Crippen LogP contribution is -2.57. The summed E-state index contributed by atoms with van der Waals surface area (Å²) in [5.74, 6) is 0.202. The number of amides is 1. The molecule has 1 aromatic rings. The van der Waals surface area contributed by atoms with Crippen LogP contribution in [0.15, 0.2) is 18.2 Å². The molecule has 2 fully saturated rings. The van der Waals surface area contributed by atoms with Crippen molar-refractivity contribution < 1.29 is 19.8 Å². The molecule has 1 amide bonds. The van der Waals surface area contributed by atoms with Crippen molar-refractivity contribution in [2.24, 2.45) is 34.5 Å². The van der Waals surface area contributed by atoms with Crippen LogP contribution < -0.4 is 5.32 Å². The number of benzene rings is 1. The number of aromatic hydroxyl groups is 2. The van der Waals surface area contributed by atoms with Gasteiger partial charge in [0, 0.05) is 31.0 Å². The standard InChI is InChI=1S/C24H35NO4/c1-14-17(13-25-15(2)26)11-20-23(3,4)7-6-8-24(20,5)21(14)22(29)16-9-18(27)12-19(28)10-16/h9-10,12,14,17,20-21,27-28H,6-8,11,13H2,1-5H3,(H,25,26)/t14-,17+,20+,21-,24+/m1/s1. The molecular formula is C24H35NO4. The van der Waals surface area contributed by atoms with Crippen molar-refractivity contribution >= 4 is 11.7 Å². The van der Waals surface area contributed by atoms with Crippen molar-refractivity contribution in [1.82, 2.24) is 5.32 Å². The van der Waals surface area contributed by atoms with E-state index >= 15 is 0 Å². The van der Waals surface area contributed by atoms with Gasteiger partial charge >= 0.3 is 0 Å². The summed E-state index contributed by atoms with van der Waals surface area (Å²) >= 11 is 0. The molecule has 5 heteroatoms. The number of phenols is 2. The van der Waals surface area contributed by atoms with E-state index in [1.807, 2.05) is 0 Å². The minimum absolute atomic E-state index is 0.0126. The molecule has 5 nitrogen and oxygen atoms in total. The number of hydrogen-bond acceptors (Lipinski definition) is 4. The summed E-state index contributed by atoms with van der Waals surface area (Å²) in [4.78, 5) is 25.3. The monoisotopic (exact) mass is 401 g/mol. The molecule has 160 valence electrons. The maximum Gasteiger partial charge on any atom is 0.216 e. The molecule has 3 rings (SSSR count). The van der Waals surface area contributed by atoms with Crippen LogP contribution in [0.2, 0.25) is 0 Å². The van der Waals surface area contributed by atoms with Crippen molar-refractivity contribution in [2.75, 3.05) is 6.54 Å². The highest BCUT2D eigenvalue weighted by atomic mass is 16.3. The van der Waals surface area contributed by atoms with E-state index in [0.29, 0.717) is 18.0 Å². The van der Waals surface area contributed by atoms with E-state index in [0.717, 1.165) is 25.7 Å². The Morgan fingerprint density at radius 2 is 1.72 bits per heavy atom. The lowest BCUT2D eigenvalue weighted by molar-refractivity contribution is -0.121. The Morgan fingerprint density at radius 3 is 2.31 bits per heavy atom. The van der Waals surface area contributed by atoms with Crippen LogP contribution in [0.4, 0.5) is 0 Å². The minimum Gasteiger partial charge on any atom is -0.508 e. The highest BCUT2D eigenvalue weighted by molar-refractivity contribution is 5.99. The molecular weight excluding hydrogens is 366 g/mol. The molecule has 3 N–H and O–H groups in total. The third-order valence-electron chi connectivity index (χ3n) is 7.88. The van der Waals surface area contributed by atoms with Crippen LogP contribution in [0.25, 0.3) is 0 Å². The van der Waals surface area contributed by atoms with Crippen molar-refractivity contribution in [3.05, 3.63) is 23.8 Å². The number of phenolic OH excluding ortho intramolecular Hbond substituents is 2. The zero-order chi connectivity index (χ0) is 21.6. The van der Waals surface area contributed by atoms with Crippen LogP contribution in [0.5, 0.6) is 11.5 Å². The lowest BCUT2D eigenvalue weighted by Gasteiger charge is -2.60. The van der Waals surface area contributed by atoms with Gasteiger partial charge in [0.05, 0.1) is 0 Å². The number of fused-ring (bicyclic) bond motifs is 1. The van der Waals surface area contributed by atoms with Crippen LogP contribution in [0.3, 0.4) is 0 Å². The maximum absolute atomic E-state index is 13.8. The highest BCUT2D eigenvalue weighted by Crippen LogP contribution is 2.62. The molecule has 0 aliphatic heterocycles. The molecule has 0 saturated heterocycles. The van der Waals surface area contributed by atoms with Gasteiger partial charge in [0.15, 0.2) is 5.78 Å². The molecule has 0 bridgehead atoms. The molecule has 1 aromatic carbocycles. The fourth-order valence-electron chi connectivity index (χ4n) is 6.52. The summed E-state index contributed by atoms with van der Waals surface area (Å²) in [7, 11) is 0. The predicted molar refractivity (Wildman–Crippen MR) is 113 cm³/mol.